The number of likely N-dealkylation sites (tertiary alicyclic amines) is 1. The molecule has 2 rings (SSSR count). The van der Waals surface area contributed by atoms with E-state index < -0.39 is 10.0 Å². The number of hydrogen-bond acceptors (Lipinski definition) is 3. The molecule has 7 heteroatoms. The van der Waals surface area contributed by atoms with Crippen LogP contribution in [-0.4, -0.2) is 39.0 Å². The van der Waals surface area contributed by atoms with E-state index in [1.54, 1.807) is 12.1 Å². The number of urea groups is 1. The van der Waals surface area contributed by atoms with E-state index in [1.165, 1.54) is 25.6 Å². The first-order chi connectivity index (χ1) is 10.4. The Labute approximate surface area is 131 Å². The van der Waals surface area contributed by atoms with Crippen LogP contribution >= 0.6 is 0 Å². The van der Waals surface area contributed by atoms with Gasteiger partial charge in [-0.05, 0) is 50.9 Å². The van der Waals surface area contributed by atoms with Crippen LogP contribution in [0.1, 0.15) is 31.7 Å². The fraction of sp³-hybridized carbons (Fsp3) is 0.533. The molecule has 2 amide bonds. The number of nitrogens with zero attached hydrogens (tertiary/aromatic N) is 1. The van der Waals surface area contributed by atoms with Crippen LogP contribution in [0.3, 0.4) is 0 Å². The molecule has 22 heavy (non-hydrogen) atoms. The number of hydrogen-bond donors (Lipinski definition) is 2. The Morgan fingerprint density at radius 3 is 2.55 bits per heavy atom. The van der Waals surface area contributed by atoms with Crippen molar-refractivity contribution in [1.82, 2.24) is 14.9 Å². The lowest BCUT2D eigenvalue weighted by Crippen LogP contribution is -2.47. The zero-order chi connectivity index (χ0) is 16.2. The third-order valence-electron chi connectivity index (χ3n) is 4.01. The van der Waals surface area contributed by atoms with Gasteiger partial charge in [0.2, 0.25) is 10.0 Å². The van der Waals surface area contributed by atoms with Crippen molar-refractivity contribution in [3.63, 3.8) is 0 Å². The molecule has 0 aliphatic carbocycles. The van der Waals surface area contributed by atoms with Gasteiger partial charge >= 0.3 is 6.03 Å². The lowest BCUT2D eigenvalue weighted by molar-refractivity contribution is 0.158. The Balaban J connectivity index is 1.93. The second-order valence-corrected chi connectivity index (χ2v) is 7.43. The van der Waals surface area contributed by atoms with Crippen LogP contribution in [0.25, 0.3) is 0 Å². The summed E-state index contributed by atoms with van der Waals surface area (Å²) in [7, 11) is -2.04. The molecule has 6 nitrogen and oxygen atoms in total. The van der Waals surface area contributed by atoms with Gasteiger partial charge in [0.25, 0.3) is 0 Å². The van der Waals surface area contributed by atoms with E-state index in [9.17, 15) is 13.2 Å². The van der Waals surface area contributed by atoms with Crippen molar-refractivity contribution in [2.45, 2.75) is 43.7 Å². The monoisotopic (exact) mass is 325 g/mol. The van der Waals surface area contributed by atoms with Crippen molar-refractivity contribution in [3.05, 3.63) is 29.8 Å². The lowest BCUT2D eigenvalue weighted by atomic mass is 10.0. The number of carbonyl (C=O) groups excluding carboxylic acids is 1. The first-order valence-electron chi connectivity index (χ1n) is 7.51. The Bertz CT molecular complexity index is 613. The van der Waals surface area contributed by atoms with Gasteiger partial charge in [-0.3, -0.25) is 0 Å². The summed E-state index contributed by atoms with van der Waals surface area (Å²) in [6.07, 6.45) is 3.27. The summed E-state index contributed by atoms with van der Waals surface area (Å²) in [4.78, 5) is 14.2. The summed E-state index contributed by atoms with van der Waals surface area (Å²) >= 11 is 0. The van der Waals surface area contributed by atoms with E-state index >= 15 is 0 Å². The normalized spacial score (nSPS) is 19.0. The Kier molecular flexibility index (Phi) is 5.42. The maximum atomic E-state index is 12.2. The molecule has 1 aromatic carbocycles. The van der Waals surface area contributed by atoms with Crippen molar-refractivity contribution in [2.24, 2.45) is 0 Å². The van der Waals surface area contributed by atoms with Crippen molar-refractivity contribution < 1.29 is 13.2 Å². The molecule has 1 aromatic rings. The predicted octanol–water partition coefficient (Wildman–Crippen LogP) is 1.68. The summed E-state index contributed by atoms with van der Waals surface area (Å²) in [5.41, 5.74) is 0.869. The minimum atomic E-state index is -3.42. The SMILES string of the molecule is CNS(=O)(=O)c1ccc(CNC(=O)N2CCCCC2C)cc1. The minimum absolute atomic E-state index is 0.0564. The fourth-order valence-electron chi connectivity index (χ4n) is 2.58. The molecular formula is C15H23N3O3S. The third-order valence-corrected chi connectivity index (χ3v) is 5.44. The average molecular weight is 325 g/mol. The van der Waals surface area contributed by atoms with Gasteiger partial charge in [-0.1, -0.05) is 12.1 Å². The Morgan fingerprint density at radius 2 is 1.95 bits per heavy atom. The maximum absolute atomic E-state index is 12.2. The number of nitrogens with one attached hydrogen (secondary N) is 2. The Morgan fingerprint density at radius 1 is 1.27 bits per heavy atom. The molecule has 0 spiro atoms. The molecule has 2 N–H and O–H groups in total. The van der Waals surface area contributed by atoms with Crippen molar-refractivity contribution in [2.75, 3.05) is 13.6 Å². The summed E-state index contributed by atoms with van der Waals surface area (Å²) in [6.45, 7) is 3.25. The van der Waals surface area contributed by atoms with Gasteiger partial charge in [-0.25, -0.2) is 17.9 Å². The quantitative estimate of drug-likeness (QED) is 0.884. The molecule has 0 bridgehead atoms. The van der Waals surface area contributed by atoms with Crippen LogP contribution < -0.4 is 10.0 Å². The average Bonchev–Trinajstić information content (AvgIpc) is 2.53. The topological polar surface area (TPSA) is 78.5 Å². The minimum Gasteiger partial charge on any atom is -0.334 e. The molecule has 122 valence electrons. The number of sulfonamides is 1. The van der Waals surface area contributed by atoms with Crippen LogP contribution in [0, 0.1) is 0 Å². The van der Waals surface area contributed by atoms with Gasteiger partial charge in [0.1, 0.15) is 0 Å². The summed E-state index contributed by atoms with van der Waals surface area (Å²) in [5, 5.41) is 2.89. The maximum Gasteiger partial charge on any atom is 0.317 e. The number of piperidine rings is 1. The van der Waals surface area contributed by atoms with Crippen LogP contribution in [0.4, 0.5) is 4.79 Å². The highest BCUT2D eigenvalue weighted by Gasteiger charge is 2.22. The summed E-state index contributed by atoms with van der Waals surface area (Å²) in [5.74, 6) is 0. The van der Waals surface area contributed by atoms with Crippen molar-refractivity contribution >= 4 is 16.1 Å². The zero-order valence-corrected chi connectivity index (χ0v) is 13.8. The van der Waals surface area contributed by atoms with E-state index in [2.05, 4.69) is 17.0 Å². The number of carbonyl (C=O) groups is 1. The smallest absolute Gasteiger partial charge is 0.317 e. The van der Waals surface area contributed by atoms with E-state index in [0.717, 1.165) is 24.9 Å². The molecule has 1 atom stereocenters. The lowest BCUT2D eigenvalue weighted by Gasteiger charge is -2.33. The largest absolute Gasteiger partial charge is 0.334 e. The highest BCUT2D eigenvalue weighted by Crippen LogP contribution is 2.16. The van der Waals surface area contributed by atoms with E-state index in [4.69, 9.17) is 0 Å². The van der Waals surface area contributed by atoms with Crippen LogP contribution in [0.2, 0.25) is 0 Å². The van der Waals surface area contributed by atoms with E-state index in [1.807, 2.05) is 4.90 Å². The van der Waals surface area contributed by atoms with Gasteiger partial charge in [0.15, 0.2) is 0 Å². The Hall–Kier alpha value is -1.60. The molecule has 1 fully saturated rings. The van der Waals surface area contributed by atoms with Crippen molar-refractivity contribution in [3.8, 4) is 0 Å². The molecule has 1 heterocycles. The number of rotatable bonds is 4. The molecule has 0 aromatic heterocycles. The van der Waals surface area contributed by atoms with Gasteiger partial charge in [-0.2, -0.15) is 0 Å². The fourth-order valence-corrected chi connectivity index (χ4v) is 3.31. The van der Waals surface area contributed by atoms with E-state index in [0.29, 0.717) is 6.54 Å². The van der Waals surface area contributed by atoms with Gasteiger partial charge < -0.3 is 10.2 Å². The first-order valence-corrected chi connectivity index (χ1v) is 8.99. The second-order valence-electron chi connectivity index (χ2n) is 5.55. The second kappa shape index (κ2) is 7.11. The van der Waals surface area contributed by atoms with Crippen LogP contribution in [-0.2, 0) is 16.6 Å². The molecule has 0 saturated carbocycles. The third kappa shape index (κ3) is 3.98. The van der Waals surface area contributed by atoms with E-state index in [-0.39, 0.29) is 17.0 Å². The summed E-state index contributed by atoms with van der Waals surface area (Å²) < 4.78 is 25.5. The van der Waals surface area contributed by atoms with Gasteiger partial charge in [0, 0.05) is 19.1 Å². The zero-order valence-electron chi connectivity index (χ0n) is 13.0. The highest BCUT2D eigenvalue weighted by atomic mass is 32.2. The number of amides is 2. The standard InChI is InChI=1S/C15H23N3O3S/c1-12-5-3-4-10-18(12)15(19)17-11-13-6-8-14(9-7-13)22(20,21)16-2/h6-9,12,16H,3-5,10-11H2,1-2H3,(H,17,19). The van der Waals surface area contributed by atoms with Gasteiger partial charge in [-0.15, -0.1) is 0 Å². The number of benzene rings is 1. The molecular weight excluding hydrogens is 302 g/mol. The predicted molar refractivity (Wildman–Crippen MR) is 84.9 cm³/mol. The molecule has 1 aliphatic heterocycles. The van der Waals surface area contributed by atoms with Gasteiger partial charge in [0.05, 0.1) is 4.90 Å². The molecule has 1 saturated heterocycles. The molecule has 0 radical (unpaired) electrons. The van der Waals surface area contributed by atoms with Crippen molar-refractivity contribution in [1.29, 1.82) is 0 Å². The summed E-state index contributed by atoms with van der Waals surface area (Å²) in [6, 6.07) is 6.72. The highest BCUT2D eigenvalue weighted by molar-refractivity contribution is 7.89. The first kappa shape index (κ1) is 16.8. The molecule has 1 aliphatic rings. The van der Waals surface area contributed by atoms with Crippen LogP contribution in [0.5, 0.6) is 0 Å². The van der Waals surface area contributed by atoms with Crippen LogP contribution in [0.15, 0.2) is 29.2 Å². The molecule has 1 unspecified atom stereocenters.